The first kappa shape index (κ1) is 18.0. The van der Waals surface area contributed by atoms with E-state index in [9.17, 15) is 4.39 Å². The van der Waals surface area contributed by atoms with E-state index in [1.54, 1.807) is 36.4 Å². The first-order chi connectivity index (χ1) is 12.2. The van der Waals surface area contributed by atoms with Crippen LogP contribution in [0.5, 0.6) is 17.2 Å². The summed E-state index contributed by atoms with van der Waals surface area (Å²) in [7, 11) is 0. The van der Waals surface area contributed by atoms with Crippen LogP contribution in [0.1, 0.15) is 25.7 Å². The predicted octanol–water partition coefficient (Wildman–Crippen LogP) is 5.53. The molecule has 25 heavy (non-hydrogen) atoms. The van der Waals surface area contributed by atoms with Crippen molar-refractivity contribution in [3.63, 3.8) is 0 Å². The molecule has 2 aromatic carbocycles. The highest BCUT2D eigenvalue weighted by Gasteiger charge is 2.13. The van der Waals surface area contributed by atoms with E-state index in [0.717, 1.165) is 13.0 Å². The van der Waals surface area contributed by atoms with Crippen LogP contribution < -0.4 is 9.47 Å². The van der Waals surface area contributed by atoms with Crippen LogP contribution in [-0.2, 0) is 0 Å². The maximum atomic E-state index is 14.2. The van der Waals surface area contributed by atoms with E-state index in [2.05, 4.69) is 4.90 Å². The Morgan fingerprint density at radius 1 is 1.00 bits per heavy atom. The van der Waals surface area contributed by atoms with Gasteiger partial charge in [0.05, 0.1) is 6.61 Å². The largest absolute Gasteiger partial charge is 0.490 e. The molecule has 3 rings (SSSR count). The van der Waals surface area contributed by atoms with E-state index >= 15 is 0 Å². The van der Waals surface area contributed by atoms with Crippen LogP contribution in [0.4, 0.5) is 4.39 Å². The van der Waals surface area contributed by atoms with Crippen molar-refractivity contribution in [2.24, 2.45) is 0 Å². The van der Waals surface area contributed by atoms with Crippen molar-refractivity contribution in [3.8, 4) is 17.2 Å². The number of para-hydroxylation sites is 1. The molecule has 0 amide bonds. The Labute approximate surface area is 153 Å². The molecule has 0 radical (unpaired) electrons. The van der Waals surface area contributed by atoms with Gasteiger partial charge in [0.25, 0.3) is 0 Å². The molecule has 134 valence electrons. The smallest absolute Gasteiger partial charge is 0.204 e. The van der Waals surface area contributed by atoms with E-state index < -0.39 is 5.82 Å². The molecule has 2 aromatic rings. The van der Waals surface area contributed by atoms with Gasteiger partial charge in [0.1, 0.15) is 5.75 Å². The second kappa shape index (κ2) is 9.07. The Morgan fingerprint density at radius 2 is 1.76 bits per heavy atom. The number of hydrogen-bond donors (Lipinski definition) is 0. The Hall–Kier alpha value is -1.78. The van der Waals surface area contributed by atoms with E-state index in [-0.39, 0.29) is 5.75 Å². The van der Waals surface area contributed by atoms with Crippen LogP contribution in [0.3, 0.4) is 0 Å². The Kier molecular flexibility index (Phi) is 6.54. The molecule has 0 bridgehead atoms. The summed E-state index contributed by atoms with van der Waals surface area (Å²) < 4.78 is 25.6. The molecule has 3 nitrogen and oxygen atoms in total. The zero-order chi connectivity index (χ0) is 17.5. The van der Waals surface area contributed by atoms with Crippen molar-refractivity contribution in [2.75, 3.05) is 26.2 Å². The van der Waals surface area contributed by atoms with E-state index in [1.807, 2.05) is 0 Å². The van der Waals surface area contributed by atoms with Crippen molar-refractivity contribution in [1.82, 2.24) is 4.90 Å². The number of halogens is 2. The topological polar surface area (TPSA) is 21.7 Å². The van der Waals surface area contributed by atoms with Gasteiger partial charge in [-0.15, -0.1) is 0 Å². The third kappa shape index (κ3) is 5.35. The summed E-state index contributed by atoms with van der Waals surface area (Å²) in [6.07, 6.45) is 4.81. The van der Waals surface area contributed by atoms with Crippen LogP contribution in [0.2, 0.25) is 5.02 Å². The lowest BCUT2D eigenvalue weighted by atomic mass is 10.1. The molecular weight excluding hydrogens is 341 g/mol. The lowest BCUT2D eigenvalue weighted by Crippen LogP contribution is -2.31. The van der Waals surface area contributed by atoms with Crippen LogP contribution in [0, 0.1) is 5.82 Å². The van der Waals surface area contributed by atoms with Gasteiger partial charge < -0.3 is 14.4 Å². The second-order valence-electron chi connectivity index (χ2n) is 6.23. The fourth-order valence-corrected chi connectivity index (χ4v) is 3.10. The van der Waals surface area contributed by atoms with Crippen LogP contribution >= 0.6 is 11.6 Å². The zero-order valence-corrected chi connectivity index (χ0v) is 15.0. The minimum atomic E-state index is -0.441. The van der Waals surface area contributed by atoms with Crippen LogP contribution in [0.15, 0.2) is 42.5 Å². The third-order valence-electron chi connectivity index (χ3n) is 4.29. The molecule has 0 saturated carbocycles. The SMILES string of the molecule is Fc1cccc(OCCCN2CCCCC2)c1Oc1ccc(Cl)cc1. The molecule has 0 aromatic heterocycles. The predicted molar refractivity (Wildman–Crippen MR) is 98.3 cm³/mol. The maximum absolute atomic E-state index is 14.2. The summed E-state index contributed by atoms with van der Waals surface area (Å²) in [4.78, 5) is 2.46. The van der Waals surface area contributed by atoms with Gasteiger partial charge in [0, 0.05) is 11.6 Å². The van der Waals surface area contributed by atoms with Crippen molar-refractivity contribution >= 4 is 11.6 Å². The zero-order valence-electron chi connectivity index (χ0n) is 14.2. The minimum Gasteiger partial charge on any atom is -0.490 e. The van der Waals surface area contributed by atoms with Crippen molar-refractivity contribution in [1.29, 1.82) is 0 Å². The number of ether oxygens (including phenoxy) is 2. The lowest BCUT2D eigenvalue weighted by molar-refractivity contribution is 0.203. The Balaban J connectivity index is 1.57. The lowest BCUT2D eigenvalue weighted by Gasteiger charge is -2.26. The average Bonchev–Trinajstić information content (AvgIpc) is 2.64. The van der Waals surface area contributed by atoms with Crippen molar-refractivity contribution < 1.29 is 13.9 Å². The van der Waals surface area contributed by atoms with Gasteiger partial charge in [0.15, 0.2) is 11.6 Å². The standard InChI is InChI=1S/C20H23ClFNO2/c21-16-8-10-17(11-9-16)25-20-18(22)6-4-7-19(20)24-15-5-14-23-12-2-1-3-13-23/h4,6-11H,1-3,5,12-15H2. The second-order valence-corrected chi connectivity index (χ2v) is 6.66. The first-order valence-electron chi connectivity index (χ1n) is 8.79. The quantitative estimate of drug-likeness (QED) is 0.604. The number of likely N-dealkylation sites (tertiary alicyclic amines) is 1. The van der Waals surface area contributed by atoms with E-state index in [0.29, 0.717) is 23.1 Å². The normalized spacial score (nSPS) is 15.1. The molecule has 0 atom stereocenters. The molecule has 0 unspecified atom stereocenters. The molecule has 1 fully saturated rings. The number of benzene rings is 2. The van der Waals surface area contributed by atoms with E-state index in [4.69, 9.17) is 21.1 Å². The molecule has 1 aliphatic heterocycles. The maximum Gasteiger partial charge on any atom is 0.204 e. The summed E-state index contributed by atoms with van der Waals surface area (Å²) >= 11 is 5.87. The van der Waals surface area contributed by atoms with E-state index in [1.165, 1.54) is 38.4 Å². The summed E-state index contributed by atoms with van der Waals surface area (Å²) in [6.45, 7) is 3.90. The average molecular weight is 364 g/mol. The molecule has 0 spiro atoms. The molecule has 1 saturated heterocycles. The summed E-state index contributed by atoms with van der Waals surface area (Å²) in [5.74, 6) is 0.618. The highest BCUT2D eigenvalue weighted by atomic mass is 35.5. The molecule has 0 N–H and O–H groups in total. The number of rotatable bonds is 7. The third-order valence-corrected chi connectivity index (χ3v) is 4.54. The van der Waals surface area contributed by atoms with Gasteiger partial charge in [-0.1, -0.05) is 24.1 Å². The van der Waals surface area contributed by atoms with Crippen molar-refractivity contribution in [3.05, 3.63) is 53.3 Å². The number of nitrogens with zero attached hydrogens (tertiary/aromatic N) is 1. The molecule has 0 aliphatic carbocycles. The summed E-state index contributed by atoms with van der Waals surface area (Å²) in [6, 6.07) is 11.5. The van der Waals surface area contributed by atoms with Crippen LogP contribution in [-0.4, -0.2) is 31.1 Å². The summed E-state index contributed by atoms with van der Waals surface area (Å²) in [5.41, 5.74) is 0. The fourth-order valence-electron chi connectivity index (χ4n) is 2.98. The van der Waals surface area contributed by atoms with Gasteiger partial charge in [0.2, 0.25) is 5.75 Å². The van der Waals surface area contributed by atoms with Gasteiger partial charge in [-0.2, -0.15) is 0 Å². The first-order valence-corrected chi connectivity index (χ1v) is 9.17. The highest BCUT2D eigenvalue weighted by molar-refractivity contribution is 6.30. The molecular formula is C20H23ClFNO2. The Morgan fingerprint density at radius 3 is 2.52 bits per heavy atom. The van der Waals surface area contributed by atoms with Gasteiger partial charge >= 0.3 is 0 Å². The highest BCUT2D eigenvalue weighted by Crippen LogP contribution is 2.34. The molecule has 1 heterocycles. The monoisotopic (exact) mass is 363 g/mol. The van der Waals surface area contributed by atoms with Crippen molar-refractivity contribution in [2.45, 2.75) is 25.7 Å². The van der Waals surface area contributed by atoms with Crippen LogP contribution in [0.25, 0.3) is 0 Å². The molecule has 5 heteroatoms. The Bertz CT molecular complexity index is 672. The molecule has 1 aliphatic rings. The number of piperidine rings is 1. The summed E-state index contributed by atoms with van der Waals surface area (Å²) in [5, 5.41) is 0.607. The fraction of sp³-hybridized carbons (Fsp3) is 0.400. The number of hydrogen-bond acceptors (Lipinski definition) is 3. The minimum absolute atomic E-state index is 0.114. The van der Waals surface area contributed by atoms with Gasteiger partial charge in [-0.25, -0.2) is 4.39 Å². The van der Waals surface area contributed by atoms with Gasteiger partial charge in [-0.05, 0) is 68.8 Å². The van der Waals surface area contributed by atoms with Gasteiger partial charge in [-0.3, -0.25) is 0 Å².